The van der Waals surface area contributed by atoms with Gasteiger partial charge in [-0.15, -0.1) is 0 Å². The van der Waals surface area contributed by atoms with Crippen LogP contribution in [0.1, 0.15) is 29.7 Å². The Hall–Kier alpha value is -2.11. The molecule has 0 unspecified atom stereocenters. The predicted octanol–water partition coefficient (Wildman–Crippen LogP) is 3.33. The standard InChI is InChI=1S/C15H13F3N2O/c16-15(17,18)10-5-3-4-9(8-10)13-14(21)11-6-1-2-7-12(11)19-20-13/h3-5,8H,1-2,6-7H2,(H,19,21). The summed E-state index contributed by atoms with van der Waals surface area (Å²) in [5.41, 5.74) is 0.675. The number of nitrogens with zero attached hydrogens (tertiary/aromatic N) is 1. The number of halogens is 3. The summed E-state index contributed by atoms with van der Waals surface area (Å²) < 4.78 is 38.3. The monoisotopic (exact) mass is 294 g/mol. The summed E-state index contributed by atoms with van der Waals surface area (Å²) >= 11 is 0. The number of fused-ring (bicyclic) bond motifs is 1. The lowest BCUT2D eigenvalue weighted by atomic mass is 9.94. The third-order valence-corrected chi connectivity index (χ3v) is 3.72. The summed E-state index contributed by atoms with van der Waals surface area (Å²) in [4.78, 5) is 12.4. The lowest BCUT2D eigenvalue weighted by molar-refractivity contribution is -0.137. The Morgan fingerprint density at radius 3 is 2.67 bits per heavy atom. The summed E-state index contributed by atoms with van der Waals surface area (Å²) in [5, 5.41) is 6.80. The number of benzene rings is 1. The number of aromatic nitrogens is 2. The van der Waals surface area contributed by atoms with Crippen LogP contribution in [0.2, 0.25) is 0 Å². The Balaban J connectivity index is 2.11. The maximum atomic E-state index is 12.8. The Bertz CT molecular complexity index is 734. The summed E-state index contributed by atoms with van der Waals surface area (Å²) in [5.74, 6) is 0. The molecular formula is C15H13F3N2O. The summed E-state index contributed by atoms with van der Waals surface area (Å²) in [6, 6.07) is 4.71. The highest BCUT2D eigenvalue weighted by molar-refractivity contribution is 5.60. The fourth-order valence-corrected chi connectivity index (χ4v) is 2.63. The van der Waals surface area contributed by atoms with E-state index in [9.17, 15) is 18.0 Å². The molecule has 0 atom stereocenters. The van der Waals surface area contributed by atoms with E-state index in [1.54, 1.807) is 0 Å². The zero-order chi connectivity index (χ0) is 15.0. The molecule has 3 rings (SSSR count). The van der Waals surface area contributed by atoms with Gasteiger partial charge in [-0.2, -0.15) is 18.3 Å². The molecule has 1 heterocycles. The minimum atomic E-state index is -4.43. The number of aryl methyl sites for hydroxylation is 1. The second kappa shape index (κ2) is 5.02. The maximum Gasteiger partial charge on any atom is 0.416 e. The van der Waals surface area contributed by atoms with Crippen LogP contribution in [0.3, 0.4) is 0 Å². The molecule has 0 bridgehead atoms. The van der Waals surface area contributed by atoms with Crippen molar-refractivity contribution in [3.8, 4) is 11.3 Å². The first-order valence-corrected chi connectivity index (χ1v) is 6.75. The number of rotatable bonds is 1. The lowest BCUT2D eigenvalue weighted by Crippen LogP contribution is -2.21. The lowest BCUT2D eigenvalue weighted by Gasteiger charge is -2.15. The molecule has 2 aromatic rings. The molecule has 0 aliphatic heterocycles. The maximum absolute atomic E-state index is 12.8. The van der Waals surface area contributed by atoms with Crippen molar-refractivity contribution in [1.29, 1.82) is 0 Å². The first-order chi connectivity index (χ1) is 9.97. The minimum absolute atomic E-state index is 0.0572. The van der Waals surface area contributed by atoms with Crippen LogP contribution in [-0.2, 0) is 19.0 Å². The van der Waals surface area contributed by atoms with Crippen molar-refractivity contribution in [3.63, 3.8) is 0 Å². The number of nitrogens with one attached hydrogen (secondary N) is 1. The minimum Gasteiger partial charge on any atom is -0.287 e. The van der Waals surface area contributed by atoms with Gasteiger partial charge in [0.05, 0.1) is 5.56 Å². The third-order valence-electron chi connectivity index (χ3n) is 3.72. The Morgan fingerprint density at radius 1 is 1.14 bits per heavy atom. The molecule has 0 saturated carbocycles. The van der Waals surface area contributed by atoms with Crippen molar-refractivity contribution >= 4 is 0 Å². The fourth-order valence-electron chi connectivity index (χ4n) is 2.63. The summed E-state index contributed by atoms with van der Waals surface area (Å²) in [6.07, 6.45) is -1.10. The van der Waals surface area contributed by atoms with Gasteiger partial charge >= 0.3 is 6.18 Å². The number of hydrogen-bond donors (Lipinski definition) is 1. The zero-order valence-electron chi connectivity index (χ0n) is 11.1. The summed E-state index contributed by atoms with van der Waals surface area (Å²) in [7, 11) is 0. The van der Waals surface area contributed by atoms with Gasteiger partial charge in [0.25, 0.3) is 0 Å². The highest BCUT2D eigenvalue weighted by atomic mass is 19.4. The molecule has 0 fully saturated rings. The molecule has 0 spiro atoms. The van der Waals surface area contributed by atoms with E-state index in [-0.39, 0.29) is 16.7 Å². The molecule has 21 heavy (non-hydrogen) atoms. The number of hydrogen-bond acceptors (Lipinski definition) is 2. The van der Waals surface area contributed by atoms with E-state index in [0.717, 1.165) is 37.1 Å². The first kappa shape index (κ1) is 13.9. The third kappa shape index (κ3) is 2.57. The SMILES string of the molecule is O=c1c(-c2cccc(C(F)(F)F)c2)n[nH]c2c1CCCC2. The molecule has 110 valence electrons. The van der Waals surface area contributed by atoms with Gasteiger partial charge in [0.1, 0.15) is 5.69 Å². The first-order valence-electron chi connectivity index (χ1n) is 6.75. The van der Waals surface area contributed by atoms with Gasteiger partial charge in [0.2, 0.25) is 5.43 Å². The molecule has 1 aliphatic carbocycles. The van der Waals surface area contributed by atoms with Crippen molar-refractivity contribution in [1.82, 2.24) is 10.2 Å². The van der Waals surface area contributed by atoms with Crippen LogP contribution in [0.15, 0.2) is 29.1 Å². The molecule has 3 nitrogen and oxygen atoms in total. The van der Waals surface area contributed by atoms with Crippen molar-refractivity contribution < 1.29 is 13.2 Å². The van der Waals surface area contributed by atoms with Crippen LogP contribution in [0, 0.1) is 0 Å². The van der Waals surface area contributed by atoms with E-state index >= 15 is 0 Å². The van der Waals surface area contributed by atoms with Gasteiger partial charge in [-0.1, -0.05) is 12.1 Å². The van der Waals surface area contributed by atoms with Crippen LogP contribution in [0.25, 0.3) is 11.3 Å². The van der Waals surface area contributed by atoms with Crippen molar-refractivity contribution in [2.45, 2.75) is 31.9 Å². The van der Waals surface area contributed by atoms with Gasteiger partial charge in [-0.25, -0.2) is 0 Å². The highest BCUT2D eigenvalue weighted by Gasteiger charge is 2.31. The molecule has 6 heteroatoms. The van der Waals surface area contributed by atoms with Crippen LogP contribution >= 0.6 is 0 Å². The van der Waals surface area contributed by atoms with Crippen molar-refractivity contribution in [2.24, 2.45) is 0 Å². The average Bonchev–Trinajstić information content (AvgIpc) is 2.47. The van der Waals surface area contributed by atoms with Crippen LogP contribution in [-0.4, -0.2) is 10.2 Å². The largest absolute Gasteiger partial charge is 0.416 e. The number of aromatic amines is 1. The van der Waals surface area contributed by atoms with Gasteiger partial charge < -0.3 is 0 Å². The van der Waals surface area contributed by atoms with E-state index in [1.807, 2.05) is 0 Å². The van der Waals surface area contributed by atoms with Crippen LogP contribution in [0.4, 0.5) is 13.2 Å². The molecule has 1 aromatic heterocycles. The second-order valence-corrected chi connectivity index (χ2v) is 5.14. The van der Waals surface area contributed by atoms with E-state index < -0.39 is 11.7 Å². The quantitative estimate of drug-likeness (QED) is 0.877. The van der Waals surface area contributed by atoms with E-state index in [0.29, 0.717) is 12.0 Å². The van der Waals surface area contributed by atoms with E-state index in [4.69, 9.17) is 0 Å². The normalized spacial score (nSPS) is 14.8. The van der Waals surface area contributed by atoms with E-state index in [1.165, 1.54) is 12.1 Å². The van der Waals surface area contributed by atoms with Crippen molar-refractivity contribution in [2.75, 3.05) is 0 Å². The molecule has 0 amide bonds. The predicted molar refractivity (Wildman–Crippen MR) is 71.9 cm³/mol. The molecule has 1 aliphatic rings. The Labute approximate surface area is 118 Å². The van der Waals surface area contributed by atoms with Crippen LogP contribution < -0.4 is 5.43 Å². The molecule has 0 saturated heterocycles. The summed E-state index contributed by atoms with van der Waals surface area (Å²) in [6.45, 7) is 0. The average molecular weight is 294 g/mol. The number of H-pyrrole nitrogens is 1. The molecular weight excluding hydrogens is 281 g/mol. The van der Waals surface area contributed by atoms with Crippen LogP contribution in [0.5, 0.6) is 0 Å². The Morgan fingerprint density at radius 2 is 1.90 bits per heavy atom. The molecule has 1 aromatic carbocycles. The Kier molecular flexibility index (Phi) is 3.31. The second-order valence-electron chi connectivity index (χ2n) is 5.14. The smallest absolute Gasteiger partial charge is 0.287 e. The van der Waals surface area contributed by atoms with E-state index in [2.05, 4.69) is 10.2 Å². The molecule has 0 radical (unpaired) electrons. The van der Waals surface area contributed by atoms with Gasteiger partial charge in [-0.05, 0) is 37.8 Å². The van der Waals surface area contributed by atoms with Gasteiger partial charge in [0, 0.05) is 16.8 Å². The zero-order valence-corrected chi connectivity index (χ0v) is 11.1. The highest BCUT2D eigenvalue weighted by Crippen LogP contribution is 2.31. The van der Waals surface area contributed by atoms with Gasteiger partial charge in [-0.3, -0.25) is 9.89 Å². The molecule has 1 N–H and O–H groups in total. The van der Waals surface area contributed by atoms with Crippen molar-refractivity contribution in [3.05, 3.63) is 51.3 Å². The fraction of sp³-hybridized carbons (Fsp3) is 0.333. The number of alkyl halides is 3. The van der Waals surface area contributed by atoms with Gasteiger partial charge in [0.15, 0.2) is 0 Å². The topological polar surface area (TPSA) is 45.8 Å².